The molecular weight excluding hydrogens is 342 g/mol. The van der Waals surface area contributed by atoms with E-state index >= 15 is 0 Å². The number of ether oxygens (including phenoxy) is 2. The van der Waals surface area contributed by atoms with Gasteiger partial charge in [-0.2, -0.15) is 0 Å². The Labute approximate surface area is 132 Å². The molecule has 6 nitrogen and oxygen atoms in total. The zero-order valence-corrected chi connectivity index (χ0v) is 13.8. The lowest BCUT2D eigenvalue weighted by Crippen LogP contribution is -2.54. The molecule has 120 valence electrons. The van der Waals surface area contributed by atoms with Crippen LogP contribution in [0.5, 0.6) is 11.5 Å². The van der Waals surface area contributed by atoms with E-state index in [1.807, 2.05) is 13.0 Å². The molecule has 0 aliphatic carbocycles. The van der Waals surface area contributed by atoms with Gasteiger partial charge in [-0.1, -0.05) is 0 Å². The van der Waals surface area contributed by atoms with E-state index in [4.69, 9.17) is 9.47 Å². The van der Waals surface area contributed by atoms with Crippen LogP contribution in [0, 0.1) is 0 Å². The molecule has 1 aromatic rings. The third kappa shape index (κ3) is 4.55. The highest BCUT2D eigenvalue weighted by atomic mass is 79.9. The van der Waals surface area contributed by atoms with Gasteiger partial charge in [0.15, 0.2) is 11.5 Å². The number of nitrogens with one attached hydrogen (secondary N) is 1. The predicted molar refractivity (Wildman–Crippen MR) is 82.7 cm³/mol. The molecule has 0 heterocycles. The summed E-state index contributed by atoms with van der Waals surface area (Å²) in [6, 6.07) is 3.66. The van der Waals surface area contributed by atoms with Gasteiger partial charge in [-0.3, -0.25) is 0 Å². The summed E-state index contributed by atoms with van der Waals surface area (Å²) < 4.78 is 11.6. The molecule has 4 N–H and O–H groups in total. The van der Waals surface area contributed by atoms with Crippen LogP contribution in [-0.2, 0) is 6.54 Å². The zero-order valence-electron chi connectivity index (χ0n) is 12.2. The third-order valence-corrected chi connectivity index (χ3v) is 3.74. The van der Waals surface area contributed by atoms with Crippen molar-refractivity contribution < 1.29 is 24.8 Å². The van der Waals surface area contributed by atoms with Crippen molar-refractivity contribution in [1.29, 1.82) is 0 Å². The van der Waals surface area contributed by atoms with Crippen LogP contribution in [0.3, 0.4) is 0 Å². The second kappa shape index (κ2) is 8.55. The monoisotopic (exact) mass is 363 g/mol. The lowest BCUT2D eigenvalue weighted by molar-refractivity contribution is 0.0413. The van der Waals surface area contributed by atoms with Crippen molar-refractivity contribution in [1.82, 2.24) is 5.32 Å². The van der Waals surface area contributed by atoms with Gasteiger partial charge in [-0.05, 0) is 40.5 Å². The number of methoxy groups -OCH3 is 1. The first-order chi connectivity index (χ1) is 10.1. The van der Waals surface area contributed by atoms with E-state index < -0.39 is 5.54 Å². The second-order valence-electron chi connectivity index (χ2n) is 4.65. The van der Waals surface area contributed by atoms with Crippen molar-refractivity contribution in [3.05, 3.63) is 22.2 Å². The fraction of sp³-hybridized carbons (Fsp3) is 0.571. The summed E-state index contributed by atoms with van der Waals surface area (Å²) in [5, 5.41) is 30.8. The third-order valence-electron chi connectivity index (χ3n) is 3.15. The number of aliphatic hydroxyl groups is 3. The molecule has 0 saturated heterocycles. The quantitative estimate of drug-likeness (QED) is 0.515. The molecule has 21 heavy (non-hydrogen) atoms. The minimum Gasteiger partial charge on any atom is -0.493 e. The van der Waals surface area contributed by atoms with Gasteiger partial charge in [0.05, 0.1) is 43.5 Å². The first-order valence-corrected chi connectivity index (χ1v) is 7.42. The molecule has 0 radical (unpaired) electrons. The molecule has 0 unspecified atom stereocenters. The Morgan fingerprint density at radius 3 is 2.29 bits per heavy atom. The summed E-state index contributed by atoms with van der Waals surface area (Å²) in [4.78, 5) is 0. The molecule has 0 bridgehead atoms. The Morgan fingerprint density at radius 2 is 1.81 bits per heavy atom. The Balaban J connectivity index is 2.92. The summed E-state index contributed by atoms with van der Waals surface area (Å²) in [6.45, 7) is 1.66. The fourth-order valence-electron chi connectivity index (χ4n) is 1.77. The molecule has 1 aromatic carbocycles. The summed E-state index contributed by atoms with van der Waals surface area (Å²) in [7, 11) is 1.56. The molecule has 1 rings (SSSR count). The van der Waals surface area contributed by atoms with Crippen LogP contribution in [0.1, 0.15) is 12.5 Å². The number of benzene rings is 1. The molecule has 0 saturated carbocycles. The normalized spacial score (nSPS) is 11.5. The highest BCUT2D eigenvalue weighted by Crippen LogP contribution is 2.36. The van der Waals surface area contributed by atoms with Crippen molar-refractivity contribution in [2.75, 3.05) is 33.5 Å². The first-order valence-electron chi connectivity index (χ1n) is 6.62. The van der Waals surface area contributed by atoms with E-state index in [0.717, 1.165) is 10.0 Å². The van der Waals surface area contributed by atoms with E-state index in [1.165, 1.54) is 0 Å². The molecule has 0 aliphatic rings. The van der Waals surface area contributed by atoms with Gasteiger partial charge in [0, 0.05) is 6.54 Å². The van der Waals surface area contributed by atoms with Crippen LogP contribution in [0.4, 0.5) is 0 Å². The summed E-state index contributed by atoms with van der Waals surface area (Å²) >= 11 is 3.43. The maximum absolute atomic E-state index is 9.29. The van der Waals surface area contributed by atoms with Crippen molar-refractivity contribution >= 4 is 15.9 Å². The summed E-state index contributed by atoms with van der Waals surface area (Å²) in [5.41, 5.74) is -0.250. The number of hydrogen-bond donors (Lipinski definition) is 4. The van der Waals surface area contributed by atoms with Crippen LogP contribution in [0.25, 0.3) is 0 Å². The number of rotatable bonds is 9. The van der Waals surface area contributed by atoms with E-state index in [0.29, 0.717) is 24.7 Å². The van der Waals surface area contributed by atoms with Crippen molar-refractivity contribution in [3.8, 4) is 11.5 Å². The Morgan fingerprint density at radius 1 is 1.19 bits per heavy atom. The number of aliphatic hydroxyl groups excluding tert-OH is 3. The number of halogens is 1. The summed E-state index contributed by atoms with van der Waals surface area (Å²) in [5.74, 6) is 1.21. The standard InChI is InChI=1S/C14H22BrNO5/c1-3-21-13-11(15)4-10(5-12(13)20-2)6-16-14(7-17,8-18)9-19/h4-5,16-19H,3,6-9H2,1-2H3. The smallest absolute Gasteiger partial charge is 0.175 e. The van der Waals surface area contributed by atoms with Crippen molar-refractivity contribution in [2.24, 2.45) is 0 Å². The van der Waals surface area contributed by atoms with Gasteiger partial charge >= 0.3 is 0 Å². The lowest BCUT2D eigenvalue weighted by atomic mass is 10.0. The molecular formula is C14H22BrNO5. The van der Waals surface area contributed by atoms with Crippen LogP contribution in [-0.4, -0.2) is 54.4 Å². The molecule has 0 aromatic heterocycles. The van der Waals surface area contributed by atoms with Crippen LogP contribution < -0.4 is 14.8 Å². The Bertz CT molecular complexity index is 443. The van der Waals surface area contributed by atoms with Gasteiger partial charge < -0.3 is 30.1 Å². The van der Waals surface area contributed by atoms with Crippen molar-refractivity contribution in [3.63, 3.8) is 0 Å². The minimum absolute atomic E-state index is 0.350. The molecule has 0 aliphatic heterocycles. The molecule has 0 spiro atoms. The van der Waals surface area contributed by atoms with E-state index in [1.54, 1.807) is 13.2 Å². The fourth-order valence-corrected chi connectivity index (χ4v) is 2.37. The highest BCUT2D eigenvalue weighted by molar-refractivity contribution is 9.10. The molecule has 0 amide bonds. The van der Waals surface area contributed by atoms with E-state index in [9.17, 15) is 15.3 Å². The largest absolute Gasteiger partial charge is 0.493 e. The average Bonchev–Trinajstić information content (AvgIpc) is 2.51. The van der Waals surface area contributed by atoms with Crippen LogP contribution in [0.15, 0.2) is 16.6 Å². The molecule has 7 heteroatoms. The minimum atomic E-state index is -1.11. The van der Waals surface area contributed by atoms with E-state index in [2.05, 4.69) is 21.2 Å². The lowest BCUT2D eigenvalue weighted by Gasteiger charge is -2.29. The zero-order chi connectivity index (χ0) is 15.9. The number of hydrogen-bond acceptors (Lipinski definition) is 6. The van der Waals surface area contributed by atoms with Gasteiger partial charge in [0.1, 0.15) is 0 Å². The van der Waals surface area contributed by atoms with Crippen LogP contribution in [0.2, 0.25) is 0 Å². The maximum atomic E-state index is 9.29. The molecule has 0 fully saturated rings. The molecule has 0 atom stereocenters. The van der Waals surface area contributed by atoms with Gasteiger partial charge in [0.25, 0.3) is 0 Å². The average molecular weight is 364 g/mol. The van der Waals surface area contributed by atoms with Crippen LogP contribution >= 0.6 is 15.9 Å². The maximum Gasteiger partial charge on any atom is 0.175 e. The SMILES string of the molecule is CCOc1c(Br)cc(CNC(CO)(CO)CO)cc1OC. The highest BCUT2D eigenvalue weighted by Gasteiger charge is 2.27. The first kappa shape index (κ1) is 18.2. The van der Waals surface area contributed by atoms with Crippen molar-refractivity contribution in [2.45, 2.75) is 19.0 Å². The van der Waals surface area contributed by atoms with E-state index in [-0.39, 0.29) is 19.8 Å². The van der Waals surface area contributed by atoms with Gasteiger partial charge in [-0.15, -0.1) is 0 Å². The second-order valence-corrected chi connectivity index (χ2v) is 5.50. The topological polar surface area (TPSA) is 91.2 Å². The van der Waals surface area contributed by atoms with Gasteiger partial charge in [-0.25, -0.2) is 0 Å². The Kier molecular flexibility index (Phi) is 7.41. The predicted octanol–water partition coefficient (Wildman–Crippen LogP) is 0.662. The van der Waals surface area contributed by atoms with Gasteiger partial charge in [0.2, 0.25) is 0 Å². The summed E-state index contributed by atoms with van der Waals surface area (Å²) in [6.07, 6.45) is 0. The Hall–Kier alpha value is -0.860.